The normalized spacial score (nSPS) is 13.2. The van der Waals surface area contributed by atoms with Crippen LogP contribution in [0.2, 0.25) is 0 Å². The predicted octanol–water partition coefficient (Wildman–Crippen LogP) is 4.40. The van der Waals surface area contributed by atoms with E-state index in [1.807, 2.05) is 66.4 Å². The van der Waals surface area contributed by atoms with Gasteiger partial charge in [-0.05, 0) is 66.6 Å². The van der Waals surface area contributed by atoms with Gasteiger partial charge in [0, 0.05) is 43.2 Å². The summed E-state index contributed by atoms with van der Waals surface area (Å²) in [5.41, 5.74) is 5.13. The molecule has 172 valence electrons. The van der Waals surface area contributed by atoms with E-state index in [1.54, 1.807) is 24.3 Å². The van der Waals surface area contributed by atoms with Crippen LogP contribution in [-0.4, -0.2) is 43.0 Å². The Morgan fingerprint density at radius 1 is 0.853 bits per heavy atom. The summed E-state index contributed by atoms with van der Waals surface area (Å²) in [6.45, 7) is 4.96. The fourth-order valence-electron chi connectivity index (χ4n) is 3.97. The highest BCUT2D eigenvalue weighted by Gasteiger charge is 2.21. The van der Waals surface area contributed by atoms with Crippen molar-refractivity contribution >= 4 is 29.0 Å². The van der Waals surface area contributed by atoms with Gasteiger partial charge in [-0.25, -0.2) is 4.79 Å². The quantitative estimate of drug-likeness (QED) is 0.599. The molecule has 0 aliphatic carbocycles. The first-order chi connectivity index (χ1) is 16.5. The number of carbonyl (C=O) groups is 2. The average molecular weight is 454 g/mol. The fourth-order valence-corrected chi connectivity index (χ4v) is 3.97. The lowest BCUT2D eigenvalue weighted by Gasteiger charge is -2.36. The summed E-state index contributed by atoms with van der Waals surface area (Å²) in [6, 6.07) is 24.1. The number of piperazine rings is 1. The molecule has 0 bridgehead atoms. The Labute approximate surface area is 199 Å². The van der Waals surface area contributed by atoms with E-state index in [1.165, 1.54) is 0 Å². The number of amides is 3. The molecule has 3 aromatic carbocycles. The van der Waals surface area contributed by atoms with Crippen molar-refractivity contribution in [2.24, 2.45) is 0 Å². The first-order valence-corrected chi connectivity index (χ1v) is 11.3. The second-order valence-electron chi connectivity index (χ2n) is 8.29. The summed E-state index contributed by atoms with van der Waals surface area (Å²) < 4.78 is 0. The second kappa shape index (κ2) is 10.5. The Morgan fingerprint density at radius 2 is 1.44 bits per heavy atom. The molecule has 0 unspecified atom stereocenters. The number of nitrogens with zero attached hydrogens (tertiary/aromatic N) is 3. The Hall–Kier alpha value is -4.31. The summed E-state index contributed by atoms with van der Waals surface area (Å²) in [4.78, 5) is 29.1. The third-order valence-corrected chi connectivity index (χ3v) is 6.00. The molecule has 1 heterocycles. The highest BCUT2D eigenvalue weighted by atomic mass is 16.2. The molecule has 34 heavy (non-hydrogen) atoms. The molecule has 1 aliphatic heterocycles. The number of rotatable bonds is 5. The van der Waals surface area contributed by atoms with Crippen molar-refractivity contribution < 1.29 is 9.59 Å². The number of urea groups is 1. The number of hydrogen-bond donors (Lipinski definition) is 2. The minimum Gasteiger partial charge on any atom is -0.368 e. The van der Waals surface area contributed by atoms with Crippen molar-refractivity contribution in [2.75, 3.05) is 41.7 Å². The van der Waals surface area contributed by atoms with E-state index in [0.717, 1.165) is 29.9 Å². The van der Waals surface area contributed by atoms with Gasteiger partial charge >= 0.3 is 6.03 Å². The van der Waals surface area contributed by atoms with Crippen molar-refractivity contribution in [3.63, 3.8) is 0 Å². The van der Waals surface area contributed by atoms with Crippen molar-refractivity contribution in [1.29, 1.82) is 5.26 Å². The van der Waals surface area contributed by atoms with Gasteiger partial charge in [-0.3, -0.25) is 4.79 Å². The van der Waals surface area contributed by atoms with Crippen LogP contribution in [0.15, 0.2) is 72.8 Å². The Morgan fingerprint density at radius 3 is 2.03 bits per heavy atom. The van der Waals surface area contributed by atoms with Crippen molar-refractivity contribution in [3.05, 3.63) is 89.5 Å². The molecule has 1 fully saturated rings. The third kappa shape index (κ3) is 5.73. The molecule has 0 saturated carbocycles. The summed E-state index contributed by atoms with van der Waals surface area (Å²) in [5.74, 6) is 0.168. The lowest BCUT2D eigenvalue weighted by molar-refractivity contribution is -0.130. The molecule has 3 aromatic rings. The van der Waals surface area contributed by atoms with E-state index >= 15 is 0 Å². The van der Waals surface area contributed by atoms with Crippen molar-refractivity contribution in [2.45, 2.75) is 13.3 Å². The third-order valence-electron chi connectivity index (χ3n) is 6.00. The zero-order valence-corrected chi connectivity index (χ0v) is 19.1. The molecule has 4 rings (SSSR count). The highest BCUT2D eigenvalue weighted by Crippen LogP contribution is 2.20. The van der Waals surface area contributed by atoms with E-state index in [0.29, 0.717) is 36.4 Å². The first-order valence-electron chi connectivity index (χ1n) is 11.3. The van der Waals surface area contributed by atoms with Gasteiger partial charge in [0.2, 0.25) is 5.91 Å². The predicted molar refractivity (Wildman–Crippen MR) is 134 cm³/mol. The van der Waals surface area contributed by atoms with Crippen molar-refractivity contribution in [1.82, 2.24) is 4.90 Å². The van der Waals surface area contributed by atoms with Crippen LogP contribution in [0.1, 0.15) is 16.7 Å². The number of anilines is 3. The van der Waals surface area contributed by atoms with Gasteiger partial charge in [0.25, 0.3) is 0 Å². The van der Waals surface area contributed by atoms with E-state index < -0.39 is 0 Å². The van der Waals surface area contributed by atoms with Crippen LogP contribution in [-0.2, 0) is 11.2 Å². The molecular weight excluding hydrogens is 426 g/mol. The molecule has 0 atom stereocenters. The minimum absolute atomic E-state index is 0.168. The standard InChI is InChI=1S/C27H27N5O2/c1-20-4-2-3-5-22(20)18-26(33)32-16-14-31(15-17-32)25-12-10-24(11-13-25)30-27(34)29-23-8-6-21(19-28)7-9-23/h2-13H,14-18H2,1H3,(H2,29,30,34). The monoisotopic (exact) mass is 453 g/mol. The molecule has 1 saturated heterocycles. The largest absolute Gasteiger partial charge is 0.368 e. The van der Waals surface area contributed by atoms with Crippen LogP contribution in [0.25, 0.3) is 0 Å². The number of carbonyl (C=O) groups excluding carboxylic acids is 2. The van der Waals surface area contributed by atoms with Crippen LogP contribution in [0, 0.1) is 18.3 Å². The summed E-state index contributed by atoms with van der Waals surface area (Å²) in [7, 11) is 0. The summed E-state index contributed by atoms with van der Waals surface area (Å²) >= 11 is 0. The van der Waals surface area contributed by atoms with Crippen molar-refractivity contribution in [3.8, 4) is 6.07 Å². The number of nitriles is 1. The van der Waals surface area contributed by atoms with Crippen LogP contribution >= 0.6 is 0 Å². The summed E-state index contributed by atoms with van der Waals surface area (Å²) in [5, 5.41) is 14.4. The number of nitrogens with one attached hydrogen (secondary N) is 2. The molecule has 3 amide bonds. The fraction of sp³-hybridized carbons (Fsp3) is 0.222. The Kier molecular flexibility index (Phi) is 7.09. The van der Waals surface area contributed by atoms with Gasteiger partial charge in [0.15, 0.2) is 0 Å². The average Bonchev–Trinajstić information content (AvgIpc) is 2.86. The van der Waals surface area contributed by atoms with Crippen LogP contribution in [0.5, 0.6) is 0 Å². The lowest BCUT2D eigenvalue weighted by atomic mass is 10.1. The maximum Gasteiger partial charge on any atom is 0.323 e. The van der Waals surface area contributed by atoms with Crippen LogP contribution in [0.3, 0.4) is 0 Å². The maximum absolute atomic E-state index is 12.7. The van der Waals surface area contributed by atoms with Gasteiger partial charge in [-0.1, -0.05) is 24.3 Å². The molecule has 7 heteroatoms. The van der Waals surface area contributed by atoms with E-state index in [2.05, 4.69) is 15.5 Å². The molecule has 0 aromatic heterocycles. The van der Waals surface area contributed by atoms with Crippen LogP contribution < -0.4 is 15.5 Å². The smallest absolute Gasteiger partial charge is 0.323 e. The first kappa shape index (κ1) is 22.9. The van der Waals surface area contributed by atoms with Gasteiger partial charge in [-0.15, -0.1) is 0 Å². The molecular formula is C27H27N5O2. The summed E-state index contributed by atoms with van der Waals surface area (Å²) in [6.07, 6.45) is 0.442. The Balaban J connectivity index is 1.26. The zero-order valence-electron chi connectivity index (χ0n) is 19.1. The number of benzene rings is 3. The Bertz CT molecular complexity index is 1190. The van der Waals surface area contributed by atoms with Crippen LogP contribution in [0.4, 0.5) is 21.9 Å². The zero-order chi connectivity index (χ0) is 23.9. The molecule has 0 radical (unpaired) electrons. The number of aryl methyl sites for hydroxylation is 1. The minimum atomic E-state index is -0.349. The molecule has 2 N–H and O–H groups in total. The topological polar surface area (TPSA) is 88.5 Å². The SMILES string of the molecule is Cc1ccccc1CC(=O)N1CCN(c2ccc(NC(=O)Nc3ccc(C#N)cc3)cc2)CC1. The van der Waals surface area contributed by atoms with E-state index in [4.69, 9.17) is 5.26 Å². The van der Waals surface area contributed by atoms with Gasteiger partial charge in [-0.2, -0.15) is 5.26 Å². The number of hydrogen-bond acceptors (Lipinski definition) is 4. The molecule has 1 aliphatic rings. The van der Waals surface area contributed by atoms with Gasteiger partial charge in [0.05, 0.1) is 18.1 Å². The van der Waals surface area contributed by atoms with E-state index in [-0.39, 0.29) is 11.9 Å². The van der Waals surface area contributed by atoms with Gasteiger partial charge < -0.3 is 20.4 Å². The maximum atomic E-state index is 12.7. The van der Waals surface area contributed by atoms with E-state index in [9.17, 15) is 9.59 Å². The second-order valence-corrected chi connectivity index (χ2v) is 8.29. The highest BCUT2D eigenvalue weighted by molar-refractivity contribution is 5.99. The molecule has 7 nitrogen and oxygen atoms in total. The molecule has 0 spiro atoms. The lowest BCUT2D eigenvalue weighted by Crippen LogP contribution is -2.49. The van der Waals surface area contributed by atoms with Gasteiger partial charge in [0.1, 0.15) is 0 Å².